The van der Waals surface area contributed by atoms with E-state index in [-0.39, 0.29) is 23.4 Å². The lowest BCUT2D eigenvalue weighted by Crippen LogP contribution is -2.11. The number of halogens is 4. The molecule has 2 nitrogen and oxygen atoms in total. The van der Waals surface area contributed by atoms with Gasteiger partial charge in [0.05, 0.1) is 17.2 Å². The van der Waals surface area contributed by atoms with Gasteiger partial charge in [0.2, 0.25) is 0 Å². The summed E-state index contributed by atoms with van der Waals surface area (Å²) in [5.74, 6) is -0.633. The van der Waals surface area contributed by atoms with Gasteiger partial charge in [-0.15, -0.1) is 0 Å². The maximum atomic E-state index is 13.7. The summed E-state index contributed by atoms with van der Waals surface area (Å²) in [5, 5.41) is 11.2. The molecule has 0 atom stereocenters. The highest BCUT2D eigenvalue weighted by Gasteiger charge is 2.33. The summed E-state index contributed by atoms with van der Waals surface area (Å²) >= 11 is 0. The van der Waals surface area contributed by atoms with Crippen molar-refractivity contribution >= 4 is 5.69 Å². The molecule has 0 aliphatic rings. The molecule has 0 radical (unpaired) electrons. The van der Waals surface area contributed by atoms with Crippen LogP contribution in [0.3, 0.4) is 0 Å². The largest absolute Gasteiger partial charge is 0.418 e. The van der Waals surface area contributed by atoms with E-state index in [1.807, 2.05) is 0 Å². The summed E-state index contributed by atoms with van der Waals surface area (Å²) in [6.45, 7) is -0.107. The van der Waals surface area contributed by atoms with E-state index in [2.05, 4.69) is 5.32 Å². The van der Waals surface area contributed by atoms with Crippen molar-refractivity contribution < 1.29 is 17.6 Å². The number of nitrogens with one attached hydrogen (secondary N) is 1. The summed E-state index contributed by atoms with van der Waals surface area (Å²) in [4.78, 5) is 0. The Morgan fingerprint density at radius 3 is 2.43 bits per heavy atom. The molecule has 21 heavy (non-hydrogen) atoms. The number of hydrogen-bond acceptors (Lipinski definition) is 2. The first-order valence-electron chi connectivity index (χ1n) is 6.00. The van der Waals surface area contributed by atoms with Crippen LogP contribution in [0.2, 0.25) is 0 Å². The zero-order valence-corrected chi connectivity index (χ0v) is 10.7. The Kier molecular flexibility index (Phi) is 4.13. The summed E-state index contributed by atoms with van der Waals surface area (Å²) in [6.07, 6.45) is -4.48. The molecule has 0 aromatic heterocycles. The van der Waals surface area contributed by atoms with Crippen molar-refractivity contribution in [1.82, 2.24) is 0 Å². The van der Waals surface area contributed by atoms with Crippen molar-refractivity contribution in [2.24, 2.45) is 0 Å². The fourth-order valence-electron chi connectivity index (χ4n) is 1.84. The van der Waals surface area contributed by atoms with Crippen molar-refractivity contribution in [1.29, 1.82) is 5.26 Å². The number of nitriles is 1. The molecule has 108 valence electrons. The molecule has 0 bridgehead atoms. The predicted molar refractivity (Wildman–Crippen MR) is 69.9 cm³/mol. The lowest BCUT2D eigenvalue weighted by molar-refractivity contribution is -0.136. The third kappa shape index (κ3) is 3.51. The normalized spacial score (nSPS) is 11.0. The van der Waals surface area contributed by atoms with Crippen LogP contribution in [0.5, 0.6) is 0 Å². The average Bonchev–Trinajstić information content (AvgIpc) is 2.45. The SMILES string of the molecule is N#Cc1ccc(CNc2ccccc2C(F)(F)F)c(F)c1. The molecular weight excluding hydrogens is 284 g/mol. The first kappa shape index (κ1) is 14.9. The van der Waals surface area contributed by atoms with Gasteiger partial charge in [0.1, 0.15) is 5.82 Å². The van der Waals surface area contributed by atoms with E-state index in [4.69, 9.17) is 5.26 Å². The molecule has 0 amide bonds. The quantitative estimate of drug-likeness (QED) is 0.855. The Labute approximate surface area is 118 Å². The fraction of sp³-hybridized carbons (Fsp3) is 0.133. The zero-order valence-electron chi connectivity index (χ0n) is 10.7. The van der Waals surface area contributed by atoms with E-state index < -0.39 is 17.6 Å². The van der Waals surface area contributed by atoms with Crippen LogP contribution in [0, 0.1) is 17.1 Å². The molecule has 0 aliphatic heterocycles. The number of nitrogens with zero attached hydrogens (tertiary/aromatic N) is 1. The summed E-state index contributed by atoms with van der Waals surface area (Å²) < 4.78 is 52.1. The average molecular weight is 294 g/mol. The van der Waals surface area contributed by atoms with Crippen molar-refractivity contribution in [3.05, 3.63) is 65.0 Å². The van der Waals surface area contributed by atoms with Crippen LogP contribution < -0.4 is 5.32 Å². The first-order valence-corrected chi connectivity index (χ1v) is 6.00. The Morgan fingerprint density at radius 1 is 1.10 bits per heavy atom. The highest BCUT2D eigenvalue weighted by Crippen LogP contribution is 2.34. The van der Waals surface area contributed by atoms with Crippen LogP contribution >= 0.6 is 0 Å². The molecule has 0 saturated carbocycles. The minimum Gasteiger partial charge on any atom is -0.380 e. The lowest BCUT2D eigenvalue weighted by Gasteiger charge is -2.14. The molecular formula is C15H10F4N2. The van der Waals surface area contributed by atoms with Crippen LogP contribution in [0.4, 0.5) is 23.2 Å². The number of alkyl halides is 3. The Bertz CT molecular complexity index is 687. The van der Waals surface area contributed by atoms with Gasteiger partial charge in [0, 0.05) is 17.8 Å². The monoisotopic (exact) mass is 294 g/mol. The van der Waals surface area contributed by atoms with E-state index in [1.165, 1.54) is 30.3 Å². The van der Waals surface area contributed by atoms with Crippen LogP contribution in [0.1, 0.15) is 16.7 Å². The van der Waals surface area contributed by atoms with Gasteiger partial charge in [-0.25, -0.2) is 4.39 Å². The van der Waals surface area contributed by atoms with E-state index in [0.29, 0.717) is 0 Å². The van der Waals surface area contributed by atoms with Crippen LogP contribution in [-0.4, -0.2) is 0 Å². The molecule has 2 aromatic carbocycles. The van der Waals surface area contributed by atoms with Gasteiger partial charge < -0.3 is 5.32 Å². The molecule has 0 heterocycles. The highest BCUT2D eigenvalue weighted by atomic mass is 19.4. The highest BCUT2D eigenvalue weighted by molar-refractivity contribution is 5.53. The van der Waals surface area contributed by atoms with E-state index >= 15 is 0 Å². The molecule has 0 saturated heterocycles. The number of rotatable bonds is 3. The number of hydrogen-bond donors (Lipinski definition) is 1. The Morgan fingerprint density at radius 2 is 1.81 bits per heavy atom. The lowest BCUT2D eigenvalue weighted by atomic mass is 10.1. The molecule has 0 unspecified atom stereocenters. The smallest absolute Gasteiger partial charge is 0.380 e. The first-order chi connectivity index (χ1) is 9.91. The standard InChI is InChI=1S/C15H10F4N2/c16-13-7-10(8-20)5-6-11(13)9-21-14-4-2-1-3-12(14)15(17,18)19/h1-7,21H,9H2. The van der Waals surface area contributed by atoms with Crippen LogP contribution in [-0.2, 0) is 12.7 Å². The second-order valence-corrected chi connectivity index (χ2v) is 4.31. The van der Waals surface area contributed by atoms with Gasteiger partial charge in [0.15, 0.2) is 0 Å². The second-order valence-electron chi connectivity index (χ2n) is 4.31. The van der Waals surface area contributed by atoms with Crippen LogP contribution in [0.25, 0.3) is 0 Å². The van der Waals surface area contributed by atoms with Gasteiger partial charge in [0.25, 0.3) is 0 Å². The summed E-state index contributed by atoms with van der Waals surface area (Å²) in [6, 6.07) is 10.6. The fourth-order valence-corrected chi connectivity index (χ4v) is 1.84. The molecule has 0 aliphatic carbocycles. The molecule has 6 heteroatoms. The third-order valence-electron chi connectivity index (χ3n) is 2.88. The van der Waals surface area contributed by atoms with Crippen molar-refractivity contribution in [2.45, 2.75) is 12.7 Å². The van der Waals surface area contributed by atoms with Crippen LogP contribution in [0.15, 0.2) is 42.5 Å². The third-order valence-corrected chi connectivity index (χ3v) is 2.88. The van der Waals surface area contributed by atoms with E-state index in [0.717, 1.165) is 12.1 Å². The minimum absolute atomic E-state index is 0.107. The second kappa shape index (κ2) is 5.83. The molecule has 1 N–H and O–H groups in total. The van der Waals surface area contributed by atoms with E-state index in [9.17, 15) is 17.6 Å². The Balaban J connectivity index is 2.20. The van der Waals surface area contributed by atoms with E-state index in [1.54, 1.807) is 6.07 Å². The maximum absolute atomic E-state index is 13.7. The van der Waals surface area contributed by atoms with Gasteiger partial charge in [-0.2, -0.15) is 18.4 Å². The van der Waals surface area contributed by atoms with Gasteiger partial charge in [-0.1, -0.05) is 18.2 Å². The summed E-state index contributed by atoms with van der Waals surface area (Å²) in [5.41, 5.74) is -0.578. The van der Waals surface area contributed by atoms with Crippen molar-refractivity contribution in [3.63, 3.8) is 0 Å². The van der Waals surface area contributed by atoms with Gasteiger partial charge in [-0.05, 0) is 24.3 Å². The zero-order chi connectivity index (χ0) is 15.5. The van der Waals surface area contributed by atoms with Crippen molar-refractivity contribution in [2.75, 3.05) is 5.32 Å². The topological polar surface area (TPSA) is 35.8 Å². The maximum Gasteiger partial charge on any atom is 0.418 e. The van der Waals surface area contributed by atoms with Gasteiger partial charge in [-0.3, -0.25) is 0 Å². The van der Waals surface area contributed by atoms with Gasteiger partial charge >= 0.3 is 6.18 Å². The Hall–Kier alpha value is -2.55. The molecule has 2 rings (SSSR count). The molecule has 2 aromatic rings. The number of anilines is 1. The molecule has 0 spiro atoms. The number of para-hydroxylation sites is 1. The predicted octanol–water partition coefficient (Wildman–Crippen LogP) is 4.33. The van der Waals surface area contributed by atoms with Crippen molar-refractivity contribution in [3.8, 4) is 6.07 Å². The molecule has 0 fully saturated rings. The summed E-state index contributed by atoms with van der Waals surface area (Å²) in [7, 11) is 0. The number of benzene rings is 2. The minimum atomic E-state index is -4.48.